The molecule has 0 bridgehead atoms. The van der Waals surface area contributed by atoms with Gasteiger partial charge in [-0.15, -0.1) is 0 Å². The molecule has 1 heterocycles. The van der Waals surface area contributed by atoms with Gasteiger partial charge in [-0.1, -0.05) is 13.8 Å². The number of nitrogens with zero attached hydrogens (tertiary/aromatic N) is 1. The van der Waals surface area contributed by atoms with Crippen LogP contribution in [0.5, 0.6) is 0 Å². The van der Waals surface area contributed by atoms with Gasteiger partial charge in [0.15, 0.2) is 0 Å². The van der Waals surface area contributed by atoms with Crippen molar-refractivity contribution in [2.24, 2.45) is 5.92 Å². The van der Waals surface area contributed by atoms with E-state index in [-0.39, 0.29) is 5.91 Å². The maximum atomic E-state index is 11.4. The molecule has 0 aliphatic carbocycles. The van der Waals surface area contributed by atoms with Crippen LogP contribution in [-0.2, 0) is 4.79 Å². The molecule has 0 aromatic heterocycles. The summed E-state index contributed by atoms with van der Waals surface area (Å²) in [6, 6.07) is -0.513. The minimum atomic E-state index is -1.01. The second kappa shape index (κ2) is 4.30. The second-order valence-corrected chi connectivity index (χ2v) is 3.91. The normalized spacial score (nSPS) is 22.4. The number of amides is 2. The van der Waals surface area contributed by atoms with E-state index < -0.39 is 12.1 Å². The zero-order valence-corrected chi connectivity index (χ0v) is 8.49. The summed E-state index contributed by atoms with van der Waals surface area (Å²) in [5.41, 5.74) is 0. The number of carbonyl (C=O) groups is 2. The molecule has 0 radical (unpaired) electrons. The highest BCUT2D eigenvalue weighted by Crippen LogP contribution is 2.14. The molecule has 5 nitrogen and oxygen atoms in total. The Labute approximate surface area is 83.1 Å². The van der Waals surface area contributed by atoms with Crippen LogP contribution in [0.25, 0.3) is 0 Å². The molecule has 0 saturated carbocycles. The Morgan fingerprint density at radius 1 is 1.71 bits per heavy atom. The van der Waals surface area contributed by atoms with E-state index >= 15 is 0 Å². The summed E-state index contributed by atoms with van der Waals surface area (Å²) in [7, 11) is 0. The van der Waals surface area contributed by atoms with Crippen LogP contribution in [-0.4, -0.2) is 41.1 Å². The van der Waals surface area contributed by atoms with Crippen LogP contribution in [0.3, 0.4) is 0 Å². The van der Waals surface area contributed by atoms with E-state index in [2.05, 4.69) is 5.32 Å². The maximum absolute atomic E-state index is 11.4. The Bertz CT molecular complexity index is 240. The van der Waals surface area contributed by atoms with E-state index in [0.717, 1.165) is 0 Å². The molecular weight excluding hydrogens is 184 g/mol. The van der Waals surface area contributed by atoms with Crippen LogP contribution in [0, 0.1) is 5.92 Å². The summed E-state index contributed by atoms with van der Waals surface area (Å²) in [5, 5.41) is 11.6. The highest BCUT2D eigenvalue weighted by atomic mass is 16.4. The molecule has 1 saturated heterocycles. The lowest BCUT2D eigenvalue weighted by atomic mass is 10.0. The first-order chi connectivity index (χ1) is 6.52. The summed E-state index contributed by atoms with van der Waals surface area (Å²) >= 11 is 0. The van der Waals surface area contributed by atoms with Gasteiger partial charge in [0.1, 0.15) is 6.04 Å². The summed E-state index contributed by atoms with van der Waals surface area (Å²) in [6.07, 6.45) is -0.427. The third-order valence-corrected chi connectivity index (χ3v) is 2.27. The van der Waals surface area contributed by atoms with Crippen molar-refractivity contribution in [3.8, 4) is 0 Å². The fourth-order valence-electron chi connectivity index (χ4n) is 1.62. The Morgan fingerprint density at radius 2 is 2.36 bits per heavy atom. The molecule has 1 unspecified atom stereocenters. The summed E-state index contributed by atoms with van der Waals surface area (Å²) < 4.78 is 0. The van der Waals surface area contributed by atoms with Gasteiger partial charge in [0.05, 0.1) is 0 Å². The number of piperazine rings is 1. The van der Waals surface area contributed by atoms with Gasteiger partial charge in [-0.3, -0.25) is 9.69 Å². The largest absolute Gasteiger partial charge is 0.465 e. The maximum Gasteiger partial charge on any atom is 0.408 e. The number of nitrogens with one attached hydrogen (secondary N) is 1. The van der Waals surface area contributed by atoms with Crippen molar-refractivity contribution in [2.45, 2.75) is 26.3 Å². The van der Waals surface area contributed by atoms with E-state index in [4.69, 9.17) is 5.11 Å². The van der Waals surface area contributed by atoms with Crippen molar-refractivity contribution in [1.82, 2.24) is 10.2 Å². The lowest BCUT2D eigenvalue weighted by Crippen LogP contribution is -2.57. The molecule has 2 amide bonds. The van der Waals surface area contributed by atoms with Crippen LogP contribution in [0.15, 0.2) is 0 Å². The molecule has 0 aromatic rings. The summed E-state index contributed by atoms with van der Waals surface area (Å²) in [6.45, 7) is 4.75. The van der Waals surface area contributed by atoms with Crippen LogP contribution in [0.2, 0.25) is 0 Å². The average molecular weight is 200 g/mol. The van der Waals surface area contributed by atoms with Gasteiger partial charge in [0.2, 0.25) is 5.91 Å². The molecular formula is C9H16N2O3. The molecule has 14 heavy (non-hydrogen) atoms. The smallest absolute Gasteiger partial charge is 0.408 e. The highest BCUT2D eigenvalue weighted by molar-refractivity contribution is 5.86. The average Bonchev–Trinajstić information content (AvgIpc) is 2.07. The first-order valence-corrected chi connectivity index (χ1v) is 4.79. The van der Waals surface area contributed by atoms with Crippen molar-refractivity contribution in [3.05, 3.63) is 0 Å². The Hall–Kier alpha value is -1.26. The first kappa shape index (κ1) is 10.8. The molecule has 1 aliphatic rings. The predicted molar refractivity (Wildman–Crippen MR) is 51.0 cm³/mol. The van der Waals surface area contributed by atoms with E-state index in [1.54, 1.807) is 0 Å². The zero-order valence-electron chi connectivity index (χ0n) is 8.49. The van der Waals surface area contributed by atoms with Crippen molar-refractivity contribution in [1.29, 1.82) is 0 Å². The van der Waals surface area contributed by atoms with Crippen molar-refractivity contribution < 1.29 is 14.7 Å². The van der Waals surface area contributed by atoms with E-state index in [1.165, 1.54) is 4.90 Å². The molecule has 1 aliphatic heterocycles. The first-order valence-electron chi connectivity index (χ1n) is 4.79. The molecule has 2 N–H and O–H groups in total. The number of rotatable bonds is 2. The van der Waals surface area contributed by atoms with Gasteiger partial charge in [-0.25, -0.2) is 4.79 Å². The fourth-order valence-corrected chi connectivity index (χ4v) is 1.62. The van der Waals surface area contributed by atoms with Gasteiger partial charge >= 0.3 is 6.09 Å². The topological polar surface area (TPSA) is 69.6 Å². The second-order valence-electron chi connectivity index (χ2n) is 3.91. The standard InChI is InChI=1S/C9H16N2O3/c1-6(2)5-7-8(12)10-3-4-11(7)9(13)14/h6-7H,3-5H2,1-2H3,(H,10,12)(H,13,14). The van der Waals surface area contributed by atoms with Crippen LogP contribution in [0.4, 0.5) is 4.79 Å². The van der Waals surface area contributed by atoms with Crippen molar-refractivity contribution in [3.63, 3.8) is 0 Å². The highest BCUT2D eigenvalue weighted by Gasteiger charge is 2.32. The molecule has 1 fully saturated rings. The van der Waals surface area contributed by atoms with Gasteiger partial charge in [-0.05, 0) is 12.3 Å². The van der Waals surface area contributed by atoms with Gasteiger partial charge < -0.3 is 10.4 Å². The van der Waals surface area contributed by atoms with Crippen LogP contribution < -0.4 is 5.32 Å². The van der Waals surface area contributed by atoms with Gasteiger partial charge in [-0.2, -0.15) is 0 Å². The van der Waals surface area contributed by atoms with E-state index in [9.17, 15) is 9.59 Å². The molecule has 0 spiro atoms. The summed E-state index contributed by atoms with van der Waals surface area (Å²) in [4.78, 5) is 23.5. The molecule has 0 aromatic carbocycles. The number of hydrogen-bond donors (Lipinski definition) is 2. The van der Waals surface area contributed by atoms with E-state index in [1.807, 2.05) is 13.8 Å². The lowest BCUT2D eigenvalue weighted by molar-refractivity contribution is -0.128. The lowest BCUT2D eigenvalue weighted by Gasteiger charge is -2.33. The van der Waals surface area contributed by atoms with E-state index in [0.29, 0.717) is 25.4 Å². The monoisotopic (exact) mass is 200 g/mol. The minimum Gasteiger partial charge on any atom is -0.465 e. The van der Waals surface area contributed by atoms with Crippen LogP contribution >= 0.6 is 0 Å². The number of carboxylic acid groups (broad SMARTS) is 1. The molecule has 1 atom stereocenters. The minimum absolute atomic E-state index is 0.174. The third-order valence-electron chi connectivity index (χ3n) is 2.27. The quantitative estimate of drug-likeness (QED) is 0.682. The number of carbonyl (C=O) groups excluding carboxylic acids is 1. The molecule has 1 rings (SSSR count). The zero-order chi connectivity index (χ0) is 10.7. The Morgan fingerprint density at radius 3 is 2.86 bits per heavy atom. The number of hydrogen-bond acceptors (Lipinski definition) is 2. The summed E-state index contributed by atoms with van der Waals surface area (Å²) in [5.74, 6) is 0.137. The SMILES string of the molecule is CC(C)CC1C(=O)NCCN1C(=O)O. The van der Waals surface area contributed by atoms with Crippen LogP contribution in [0.1, 0.15) is 20.3 Å². The molecule has 5 heteroatoms. The Kier molecular flexibility index (Phi) is 3.33. The van der Waals surface area contributed by atoms with Crippen molar-refractivity contribution >= 4 is 12.0 Å². The van der Waals surface area contributed by atoms with Crippen molar-refractivity contribution in [2.75, 3.05) is 13.1 Å². The third kappa shape index (κ3) is 2.37. The van der Waals surface area contributed by atoms with Gasteiger partial charge in [0.25, 0.3) is 0 Å². The Balaban J connectivity index is 2.70. The fraction of sp³-hybridized carbons (Fsp3) is 0.778. The predicted octanol–water partition coefficient (Wildman–Crippen LogP) is 0.511. The molecule has 80 valence electrons. The van der Waals surface area contributed by atoms with Gasteiger partial charge in [0, 0.05) is 13.1 Å².